The molecule has 0 bridgehead atoms. The number of benzene rings is 2. The van der Waals surface area contributed by atoms with Gasteiger partial charge in [-0.2, -0.15) is 5.10 Å². The van der Waals surface area contributed by atoms with Gasteiger partial charge in [0.1, 0.15) is 22.6 Å². The number of hydrogen-bond acceptors (Lipinski definition) is 6. The van der Waals surface area contributed by atoms with Crippen LogP contribution >= 0.6 is 11.6 Å². The van der Waals surface area contributed by atoms with Crippen molar-refractivity contribution in [3.63, 3.8) is 0 Å². The van der Waals surface area contributed by atoms with Crippen LogP contribution in [0.3, 0.4) is 0 Å². The van der Waals surface area contributed by atoms with Crippen LogP contribution in [-0.4, -0.2) is 21.1 Å². The van der Waals surface area contributed by atoms with Crippen LogP contribution < -0.4 is 15.9 Å². The molecule has 0 aliphatic rings. The number of aromatic amines is 1. The summed E-state index contributed by atoms with van der Waals surface area (Å²) >= 11 is 5.92. The lowest BCUT2D eigenvalue weighted by Gasteiger charge is -2.19. The third kappa shape index (κ3) is 4.02. The summed E-state index contributed by atoms with van der Waals surface area (Å²) < 4.78 is 12.5. The van der Waals surface area contributed by atoms with E-state index in [4.69, 9.17) is 26.5 Å². The smallest absolute Gasteiger partial charge is 0.271 e. The normalized spacial score (nSPS) is 12.2. The summed E-state index contributed by atoms with van der Waals surface area (Å²) in [7, 11) is 0. The summed E-state index contributed by atoms with van der Waals surface area (Å²) in [6.45, 7) is 5.44. The number of nitrogens with one attached hydrogen (secondary N) is 1. The molecule has 0 saturated carbocycles. The van der Waals surface area contributed by atoms with E-state index in [1.807, 2.05) is 31.2 Å². The zero-order chi connectivity index (χ0) is 24.9. The highest BCUT2D eigenvalue weighted by Crippen LogP contribution is 2.34. The molecule has 5 aromatic rings. The van der Waals surface area contributed by atoms with E-state index in [-0.39, 0.29) is 22.0 Å². The number of rotatable bonds is 5. The number of carbonyl (C=O) groups is 1. The van der Waals surface area contributed by atoms with Crippen LogP contribution in [0.15, 0.2) is 57.9 Å². The maximum Gasteiger partial charge on any atom is 0.271 e. The average Bonchev–Trinajstić information content (AvgIpc) is 3.30. The molecule has 176 valence electrons. The molecule has 3 heterocycles. The molecule has 1 amide bonds. The first-order valence-electron chi connectivity index (χ1n) is 10.9. The highest BCUT2D eigenvalue weighted by Gasteiger charge is 2.22. The number of H-pyrrole nitrogens is 1. The molecule has 3 N–H and O–H groups in total. The van der Waals surface area contributed by atoms with Crippen molar-refractivity contribution in [2.24, 2.45) is 5.73 Å². The van der Waals surface area contributed by atoms with Crippen LogP contribution in [0.1, 0.15) is 40.2 Å². The molecule has 35 heavy (non-hydrogen) atoms. The molecule has 2 aromatic carbocycles. The maximum atomic E-state index is 13.4. The summed E-state index contributed by atoms with van der Waals surface area (Å²) in [4.78, 5) is 29.3. The lowest BCUT2D eigenvalue weighted by atomic mass is 9.99. The second-order valence-electron chi connectivity index (χ2n) is 8.39. The van der Waals surface area contributed by atoms with Crippen molar-refractivity contribution in [1.82, 2.24) is 15.2 Å². The SMILES string of the molecule is Cc1cc(C(C)Oc2ccc(Cl)nc2C(N)=O)c2oc(-c3ccc4[nH]ncc4c3)c(C)c(=O)c2c1. The molecular formula is C26H21ClN4O4. The van der Waals surface area contributed by atoms with Gasteiger partial charge in [-0.05, 0) is 68.8 Å². The number of aryl methyl sites for hydroxylation is 1. The predicted octanol–water partition coefficient (Wildman–Crippen LogP) is 5.24. The fourth-order valence-corrected chi connectivity index (χ4v) is 4.32. The molecule has 1 unspecified atom stereocenters. The van der Waals surface area contributed by atoms with Gasteiger partial charge >= 0.3 is 0 Å². The molecule has 5 rings (SSSR count). The van der Waals surface area contributed by atoms with Gasteiger partial charge in [-0.15, -0.1) is 0 Å². The molecule has 1 atom stereocenters. The fourth-order valence-electron chi connectivity index (χ4n) is 4.18. The van der Waals surface area contributed by atoms with Crippen LogP contribution in [-0.2, 0) is 0 Å². The molecular weight excluding hydrogens is 468 g/mol. The van der Waals surface area contributed by atoms with Gasteiger partial charge in [0.15, 0.2) is 16.9 Å². The van der Waals surface area contributed by atoms with Crippen molar-refractivity contribution in [2.45, 2.75) is 26.9 Å². The van der Waals surface area contributed by atoms with Gasteiger partial charge in [0.25, 0.3) is 5.91 Å². The van der Waals surface area contributed by atoms with E-state index >= 15 is 0 Å². The van der Waals surface area contributed by atoms with Crippen molar-refractivity contribution >= 4 is 39.4 Å². The molecule has 0 saturated heterocycles. The summed E-state index contributed by atoms with van der Waals surface area (Å²) in [5.74, 6) is -0.110. The number of primary amides is 1. The number of aromatic nitrogens is 3. The van der Waals surface area contributed by atoms with E-state index in [0.29, 0.717) is 27.9 Å². The zero-order valence-electron chi connectivity index (χ0n) is 19.2. The number of carbonyl (C=O) groups excluding carboxylic acids is 1. The summed E-state index contributed by atoms with van der Waals surface area (Å²) in [6.07, 6.45) is 1.11. The first kappa shape index (κ1) is 22.6. The third-order valence-electron chi connectivity index (χ3n) is 5.89. The minimum atomic E-state index is -0.761. The van der Waals surface area contributed by atoms with Gasteiger partial charge in [0, 0.05) is 22.1 Å². The van der Waals surface area contributed by atoms with Crippen LogP contribution in [0.2, 0.25) is 5.15 Å². The lowest BCUT2D eigenvalue weighted by molar-refractivity contribution is 0.0988. The minimum absolute atomic E-state index is 0.0762. The summed E-state index contributed by atoms with van der Waals surface area (Å²) in [5, 5.41) is 8.45. The Morgan fingerprint density at radius 3 is 2.74 bits per heavy atom. The van der Waals surface area contributed by atoms with Gasteiger partial charge < -0.3 is 14.9 Å². The van der Waals surface area contributed by atoms with Crippen molar-refractivity contribution in [3.8, 4) is 17.1 Å². The Hall–Kier alpha value is -4.17. The highest BCUT2D eigenvalue weighted by molar-refractivity contribution is 6.29. The molecule has 0 fully saturated rings. The Morgan fingerprint density at radius 1 is 1.17 bits per heavy atom. The zero-order valence-corrected chi connectivity index (χ0v) is 19.9. The largest absolute Gasteiger partial charge is 0.483 e. The van der Waals surface area contributed by atoms with Crippen molar-refractivity contribution in [2.75, 3.05) is 0 Å². The Kier molecular flexibility index (Phi) is 5.53. The number of nitrogens with two attached hydrogens (primary N) is 1. The number of ether oxygens (including phenoxy) is 1. The van der Waals surface area contributed by atoms with Gasteiger partial charge in [-0.1, -0.05) is 11.6 Å². The predicted molar refractivity (Wildman–Crippen MR) is 134 cm³/mol. The van der Waals surface area contributed by atoms with E-state index in [9.17, 15) is 9.59 Å². The minimum Gasteiger partial charge on any atom is -0.483 e. The van der Waals surface area contributed by atoms with Gasteiger partial charge in [0.05, 0.1) is 17.1 Å². The highest BCUT2D eigenvalue weighted by atomic mass is 35.5. The number of fused-ring (bicyclic) bond motifs is 2. The Morgan fingerprint density at radius 2 is 1.97 bits per heavy atom. The Labute approximate surface area is 204 Å². The molecule has 0 aliphatic carbocycles. The summed E-state index contributed by atoms with van der Waals surface area (Å²) in [6, 6.07) is 12.4. The molecule has 9 heteroatoms. The van der Waals surface area contributed by atoms with Gasteiger partial charge in [0.2, 0.25) is 0 Å². The molecule has 3 aromatic heterocycles. The lowest BCUT2D eigenvalue weighted by Crippen LogP contribution is -2.17. The van der Waals surface area contributed by atoms with Crippen LogP contribution in [0.25, 0.3) is 33.2 Å². The summed E-state index contributed by atoms with van der Waals surface area (Å²) in [5.41, 5.74) is 9.32. The van der Waals surface area contributed by atoms with E-state index in [0.717, 1.165) is 22.0 Å². The first-order chi connectivity index (χ1) is 16.7. The molecule has 0 radical (unpaired) electrons. The van der Waals surface area contributed by atoms with Crippen LogP contribution in [0, 0.1) is 13.8 Å². The van der Waals surface area contributed by atoms with Crippen molar-refractivity contribution in [3.05, 3.63) is 86.4 Å². The van der Waals surface area contributed by atoms with Crippen LogP contribution in [0.5, 0.6) is 5.75 Å². The number of nitrogens with zero attached hydrogens (tertiary/aromatic N) is 2. The average molecular weight is 489 g/mol. The monoisotopic (exact) mass is 488 g/mol. The number of pyridine rings is 1. The maximum absolute atomic E-state index is 13.4. The topological polar surface area (TPSA) is 124 Å². The quantitative estimate of drug-likeness (QED) is 0.326. The second kappa shape index (κ2) is 8.56. The van der Waals surface area contributed by atoms with Gasteiger partial charge in [-0.3, -0.25) is 14.7 Å². The Bertz CT molecular complexity index is 1690. The fraction of sp³-hybridized carbons (Fsp3) is 0.154. The number of hydrogen-bond donors (Lipinski definition) is 2. The van der Waals surface area contributed by atoms with E-state index < -0.39 is 12.0 Å². The number of halogens is 1. The van der Waals surface area contributed by atoms with Crippen molar-refractivity contribution < 1.29 is 13.9 Å². The second-order valence-corrected chi connectivity index (χ2v) is 8.78. The van der Waals surface area contributed by atoms with E-state index in [2.05, 4.69) is 15.2 Å². The molecule has 0 aliphatic heterocycles. The standard InChI is InChI=1S/C26H21ClN4O4/c1-12-8-17(14(3)34-20-6-7-21(27)30-22(20)26(28)33)25-18(9-12)23(32)13(2)24(35-25)15-4-5-19-16(10-15)11-29-31-19/h4-11,14H,1-3H3,(H2,28,33)(H,29,31). The number of amides is 1. The van der Waals surface area contributed by atoms with Crippen LogP contribution in [0.4, 0.5) is 0 Å². The van der Waals surface area contributed by atoms with E-state index in [1.54, 1.807) is 26.1 Å². The molecule has 8 nitrogen and oxygen atoms in total. The molecule has 0 spiro atoms. The van der Waals surface area contributed by atoms with Crippen molar-refractivity contribution in [1.29, 1.82) is 0 Å². The van der Waals surface area contributed by atoms with Gasteiger partial charge in [-0.25, -0.2) is 4.98 Å². The van der Waals surface area contributed by atoms with E-state index in [1.165, 1.54) is 12.1 Å². The first-order valence-corrected chi connectivity index (χ1v) is 11.2. The third-order valence-corrected chi connectivity index (χ3v) is 6.10. The Balaban J connectivity index is 1.67.